The number of nitrogens with one attached hydrogen (secondary N) is 1. The van der Waals surface area contributed by atoms with Crippen LogP contribution in [0.5, 0.6) is 11.5 Å². The Morgan fingerprint density at radius 3 is 2.74 bits per heavy atom. The fourth-order valence-electron chi connectivity index (χ4n) is 1.57. The summed E-state index contributed by atoms with van der Waals surface area (Å²) in [6.07, 6.45) is 0. The van der Waals surface area contributed by atoms with E-state index >= 15 is 0 Å². The van der Waals surface area contributed by atoms with E-state index in [1.165, 1.54) is 7.05 Å². The van der Waals surface area contributed by atoms with Crippen LogP contribution >= 0.6 is 0 Å². The quantitative estimate of drug-likeness (QED) is 0.775. The van der Waals surface area contributed by atoms with E-state index in [2.05, 4.69) is 5.32 Å². The van der Waals surface area contributed by atoms with Gasteiger partial charge in [-0.05, 0) is 18.2 Å². The van der Waals surface area contributed by atoms with Gasteiger partial charge in [-0.25, -0.2) is 0 Å². The number of Topliss-reactive ketones (excluding diaryl/α,β-unsaturated/α-hetero) is 1. The lowest BCUT2D eigenvalue weighted by atomic mass is 10.1. The Labute approximate surface area is 112 Å². The number of carbonyl (C=O) groups excluding carboxylic acids is 2. The molecule has 0 saturated heterocycles. The Morgan fingerprint density at radius 1 is 1.26 bits per heavy atom. The number of hydrogen-bond donors (Lipinski definition) is 1. The third-order valence-corrected chi connectivity index (χ3v) is 3.73. The van der Waals surface area contributed by atoms with Crippen LogP contribution < -0.4 is 14.8 Å². The van der Waals surface area contributed by atoms with Crippen molar-refractivity contribution in [2.75, 3.05) is 25.3 Å². The summed E-state index contributed by atoms with van der Waals surface area (Å²) in [5.74, 6) is 0.0863. The van der Waals surface area contributed by atoms with Crippen LogP contribution in [0, 0.1) is 0 Å². The molecule has 2 rings (SSSR count). The fourth-order valence-corrected chi connectivity index (χ4v) is 2.57. The lowest BCUT2D eigenvalue weighted by Gasteiger charge is -2.03. The maximum Gasteiger partial charge on any atom is 0.232 e. The van der Waals surface area contributed by atoms with Gasteiger partial charge in [-0.15, -0.1) is 0 Å². The van der Waals surface area contributed by atoms with Crippen LogP contribution in [0.2, 0.25) is 0 Å². The van der Waals surface area contributed by atoms with Crippen molar-refractivity contribution in [1.29, 1.82) is 0 Å². The van der Waals surface area contributed by atoms with E-state index in [0.717, 1.165) is 0 Å². The van der Waals surface area contributed by atoms with Crippen LogP contribution in [0.4, 0.5) is 0 Å². The van der Waals surface area contributed by atoms with Crippen molar-refractivity contribution in [3.63, 3.8) is 0 Å². The highest BCUT2D eigenvalue weighted by Crippen LogP contribution is 2.32. The number of fused-ring (bicyclic) bond motifs is 1. The van der Waals surface area contributed by atoms with Gasteiger partial charge in [0.1, 0.15) is 5.75 Å². The van der Waals surface area contributed by atoms with E-state index in [0.29, 0.717) is 17.1 Å². The maximum atomic E-state index is 11.9. The minimum atomic E-state index is -1.51. The van der Waals surface area contributed by atoms with E-state index in [4.69, 9.17) is 9.47 Å². The molecule has 1 atom stereocenters. The summed E-state index contributed by atoms with van der Waals surface area (Å²) in [4.78, 5) is 22.9. The highest BCUT2D eigenvalue weighted by atomic mass is 32.2. The number of ketones is 1. The molecule has 1 aromatic rings. The van der Waals surface area contributed by atoms with Gasteiger partial charge in [0.25, 0.3) is 0 Å². The first-order chi connectivity index (χ1) is 9.10. The normalized spacial score (nSPS) is 13.9. The number of hydrogen-bond acceptors (Lipinski definition) is 5. The topological polar surface area (TPSA) is 81.7 Å². The number of ether oxygens (including phenoxy) is 2. The second kappa shape index (κ2) is 5.83. The molecule has 1 heterocycles. The van der Waals surface area contributed by atoms with Gasteiger partial charge in [-0.3, -0.25) is 13.8 Å². The smallest absolute Gasteiger partial charge is 0.232 e. The zero-order valence-electron chi connectivity index (χ0n) is 10.3. The molecular weight excluding hydrogens is 270 g/mol. The molecule has 1 N–H and O–H groups in total. The highest BCUT2D eigenvalue weighted by molar-refractivity contribution is 7.86. The van der Waals surface area contributed by atoms with Gasteiger partial charge in [-0.2, -0.15) is 0 Å². The highest BCUT2D eigenvalue weighted by Gasteiger charge is 2.18. The van der Waals surface area contributed by atoms with Gasteiger partial charge in [0.2, 0.25) is 12.7 Å². The zero-order chi connectivity index (χ0) is 13.8. The Hall–Kier alpha value is -1.89. The van der Waals surface area contributed by atoms with E-state index in [1.807, 2.05) is 0 Å². The molecule has 1 amide bonds. The Kier molecular flexibility index (Phi) is 4.16. The van der Waals surface area contributed by atoms with Crippen LogP contribution in [0.15, 0.2) is 18.2 Å². The molecule has 0 aliphatic carbocycles. The van der Waals surface area contributed by atoms with Gasteiger partial charge >= 0.3 is 0 Å². The number of benzene rings is 1. The summed E-state index contributed by atoms with van der Waals surface area (Å²) in [5.41, 5.74) is 0.398. The summed E-state index contributed by atoms with van der Waals surface area (Å²) >= 11 is 0. The summed E-state index contributed by atoms with van der Waals surface area (Å²) in [7, 11) is -0.0550. The second-order valence-electron chi connectivity index (χ2n) is 3.89. The molecule has 1 aliphatic heterocycles. The van der Waals surface area contributed by atoms with Crippen molar-refractivity contribution >= 4 is 22.5 Å². The lowest BCUT2D eigenvalue weighted by Crippen LogP contribution is -2.26. The van der Waals surface area contributed by atoms with Crippen LogP contribution in [0.1, 0.15) is 10.4 Å². The molecule has 0 radical (unpaired) electrons. The third kappa shape index (κ3) is 3.31. The van der Waals surface area contributed by atoms with E-state index in [1.54, 1.807) is 18.2 Å². The number of amides is 1. The summed E-state index contributed by atoms with van der Waals surface area (Å²) in [6, 6.07) is 4.78. The van der Waals surface area contributed by atoms with Gasteiger partial charge in [0, 0.05) is 23.4 Å². The fraction of sp³-hybridized carbons (Fsp3) is 0.333. The first kappa shape index (κ1) is 13.5. The molecule has 0 fully saturated rings. The predicted octanol–water partition coefficient (Wildman–Crippen LogP) is 0.0927. The van der Waals surface area contributed by atoms with E-state index in [-0.39, 0.29) is 30.0 Å². The van der Waals surface area contributed by atoms with Crippen LogP contribution in [-0.2, 0) is 15.6 Å². The minimum Gasteiger partial charge on any atom is -0.454 e. The van der Waals surface area contributed by atoms with Crippen molar-refractivity contribution in [3.05, 3.63) is 23.8 Å². The average Bonchev–Trinajstić information content (AvgIpc) is 2.85. The van der Waals surface area contributed by atoms with Crippen LogP contribution in [0.25, 0.3) is 0 Å². The monoisotopic (exact) mass is 283 g/mol. The van der Waals surface area contributed by atoms with Gasteiger partial charge < -0.3 is 14.8 Å². The van der Waals surface area contributed by atoms with E-state index in [9.17, 15) is 13.8 Å². The lowest BCUT2D eigenvalue weighted by molar-refractivity contribution is -0.118. The Balaban J connectivity index is 2.00. The maximum absolute atomic E-state index is 11.9. The number of rotatable bonds is 5. The third-order valence-electron chi connectivity index (χ3n) is 2.56. The van der Waals surface area contributed by atoms with Crippen molar-refractivity contribution in [2.24, 2.45) is 0 Å². The Morgan fingerprint density at radius 2 is 2.00 bits per heavy atom. The van der Waals surface area contributed by atoms with Crippen molar-refractivity contribution in [1.82, 2.24) is 5.32 Å². The molecule has 1 aromatic carbocycles. The molecule has 0 spiro atoms. The first-order valence-corrected chi connectivity index (χ1v) is 7.07. The molecule has 102 valence electrons. The van der Waals surface area contributed by atoms with Crippen molar-refractivity contribution < 1.29 is 23.3 Å². The van der Waals surface area contributed by atoms with Crippen molar-refractivity contribution in [3.8, 4) is 11.5 Å². The summed E-state index contributed by atoms with van der Waals surface area (Å²) in [6.45, 7) is 0.135. The standard InChI is InChI=1S/C12H13NO5S/c1-13-12(15)6-19(16)5-9(14)8-2-3-10-11(4-8)18-7-17-10/h2-4H,5-7H2,1H3,(H,13,15). The van der Waals surface area contributed by atoms with Crippen LogP contribution in [-0.4, -0.2) is 41.2 Å². The first-order valence-electron chi connectivity index (χ1n) is 5.58. The molecule has 7 heteroatoms. The average molecular weight is 283 g/mol. The molecule has 0 aromatic heterocycles. The van der Waals surface area contributed by atoms with Gasteiger partial charge in [0.05, 0.1) is 5.75 Å². The molecule has 1 aliphatic rings. The summed E-state index contributed by atoms with van der Waals surface area (Å²) in [5, 5.41) is 2.36. The molecule has 0 bridgehead atoms. The zero-order valence-corrected chi connectivity index (χ0v) is 11.1. The van der Waals surface area contributed by atoms with E-state index < -0.39 is 10.8 Å². The van der Waals surface area contributed by atoms with Gasteiger partial charge in [0.15, 0.2) is 17.3 Å². The van der Waals surface area contributed by atoms with Gasteiger partial charge in [-0.1, -0.05) is 0 Å². The van der Waals surface area contributed by atoms with Crippen molar-refractivity contribution in [2.45, 2.75) is 0 Å². The molecule has 0 saturated carbocycles. The minimum absolute atomic E-state index is 0.135. The Bertz CT molecular complexity index is 543. The molecule has 19 heavy (non-hydrogen) atoms. The number of carbonyl (C=O) groups is 2. The predicted molar refractivity (Wildman–Crippen MR) is 68.8 cm³/mol. The molecule has 1 unspecified atom stereocenters. The SMILES string of the molecule is CNC(=O)CS(=O)CC(=O)c1ccc2c(c1)OCO2. The molecule has 6 nitrogen and oxygen atoms in total. The molecular formula is C12H13NO5S. The largest absolute Gasteiger partial charge is 0.454 e. The second-order valence-corrected chi connectivity index (χ2v) is 5.35. The van der Waals surface area contributed by atoms with Crippen LogP contribution in [0.3, 0.4) is 0 Å². The summed E-state index contributed by atoms with van der Waals surface area (Å²) < 4.78 is 21.9.